The van der Waals surface area contributed by atoms with Crippen molar-refractivity contribution in [2.75, 3.05) is 0 Å². The normalized spacial score (nSPS) is 20.3. The number of aromatic nitrogens is 1. The molecule has 1 saturated carbocycles. The second kappa shape index (κ2) is 4.20. The van der Waals surface area contributed by atoms with Gasteiger partial charge >= 0.3 is 0 Å². The van der Waals surface area contributed by atoms with Gasteiger partial charge in [-0.1, -0.05) is 43.6 Å². The van der Waals surface area contributed by atoms with Crippen LogP contribution in [0.1, 0.15) is 30.8 Å². The Morgan fingerprint density at radius 3 is 2.79 bits per heavy atom. The number of fused-ring (bicyclic) bond motifs is 1. The van der Waals surface area contributed by atoms with Crippen LogP contribution in [-0.2, 0) is 0 Å². The van der Waals surface area contributed by atoms with E-state index in [4.69, 9.17) is 11.6 Å². The van der Waals surface area contributed by atoms with Crippen LogP contribution in [0.4, 0.5) is 0 Å². The zero-order chi connectivity index (χ0) is 13.6. The Balaban J connectivity index is 1.90. The molecule has 1 aromatic carbocycles. The molecule has 1 unspecified atom stereocenters. The molecule has 3 rings (SSSR count). The predicted molar refractivity (Wildman–Crippen MR) is 76.4 cm³/mol. The number of halogens is 1. The molecular formula is C15H15ClN2O. The maximum atomic E-state index is 12.1. The first-order valence-corrected chi connectivity index (χ1v) is 6.71. The summed E-state index contributed by atoms with van der Waals surface area (Å²) in [5, 5.41) is 4.42. The molecule has 0 aliphatic heterocycles. The highest BCUT2D eigenvalue weighted by Gasteiger charge is 2.46. The summed E-state index contributed by atoms with van der Waals surface area (Å²) in [7, 11) is 0. The lowest BCUT2D eigenvalue weighted by Crippen LogP contribution is -2.29. The Labute approximate surface area is 117 Å². The summed E-state index contributed by atoms with van der Waals surface area (Å²) < 4.78 is 0. The summed E-state index contributed by atoms with van der Waals surface area (Å²) in [4.78, 5) is 16.5. The van der Waals surface area contributed by atoms with Crippen LogP contribution in [0.15, 0.2) is 30.3 Å². The highest BCUT2D eigenvalue weighted by Crippen LogP contribution is 2.44. The van der Waals surface area contributed by atoms with Crippen LogP contribution in [-0.4, -0.2) is 16.9 Å². The maximum Gasteiger partial charge on any atom is 0.270 e. The number of benzene rings is 1. The zero-order valence-corrected chi connectivity index (χ0v) is 11.7. The molecule has 1 aliphatic carbocycles. The van der Waals surface area contributed by atoms with E-state index in [2.05, 4.69) is 24.1 Å². The number of carbonyl (C=O) groups is 1. The van der Waals surface area contributed by atoms with Gasteiger partial charge < -0.3 is 5.32 Å². The number of carbonyl (C=O) groups excluding carboxylic acids is 1. The van der Waals surface area contributed by atoms with Crippen molar-refractivity contribution in [3.05, 3.63) is 41.0 Å². The van der Waals surface area contributed by atoms with Crippen molar-refractivity contribution in [2.45, 2.75) is 26.3 Å². The fraction of sp³-hybridized carbons (Fsp3) is 0.333. The smallest absolute Gasteiger partial charge is 0.270 e. The molecular weight excluding hydrogens is 260 g/mol. The van der Waals surface area contributed by atoms with Crippen LogP contribution in [0.2, 0.25) is 5.02 Å². The van der Waals surface area contributed by atoms with Crippen molar-refractivity contribution in [1.29, 1.82) is 0 Å². The minimum absolute atomic E-state index is 0.150. The Morgan fingerprint density at radius 2 is 2.11 bits per heavy atom. The third-order valence-electron chi connectivity index (χ3n) is 3.72. The van der Waals surface area contributed by atoms with Crippen molar-refractivity contribution in [1.82, 2.24) is 10.3 Å². The second-order valence-electron chi connectivity index (χ2n) is 5.73. The molecule has 4 heteroatoms. The molecule has 1 aliphatic rings. The molecule has 1 amide bonds. The second-order valence-corrected chi connectivity index (χ2v) is 6.13. The third-order valence-corrected chi connectivity index (χ3v) is 4.03. The van der Waals surface area contributed by atoms with Crippen molar-refractivity contribution in [3.63, 3.8) is 0 Å². The van der Waals surface area contributed by atoms with Crippen molar-refractivity contribution >= 4 is 28.4 Å². The van der Waals surface area contributed by atoms with Crippen LogP contribution >= 0.6 is 11.6 Å². The summed E-state index contributed by atoms with van der Waals surface area (Å²) in [6.07, 6.45) is 1.01. The summed E-state index contributed by atoms with van der Waals surface area (Å²) in [6, 6.07) is 9.43. The summed E-state index contributed by atoms with van der Waals surface area (Å²) in [5.74, 6) is -0.150. The van der Waals surface area contributed by atoms with E-state index in [9.17, 15) is 4.79 Å². The molecule has 0 saturated heterocycles. The van der Waals surface area contributed by atoms with Gasteiger partial charge in [0.1, 0.15) is 5.69 Å². The van der Waals surface area contributed by atoms with Crippen LogP contribution in [0, 0.1) is 5.41 Å². The number of amides is 1. The van der Waals surface area contributed by atoms with Gasteiger partial charge in [0.2, 0.25) is 0 Å². The number of pyridine rings is 1. The number of nitrogens with one attached hydrogen (secondary N) is 1. The van der Waals surface area contributed by atoms with E-state index in [1.54, 1.807) is 6.07 Å². The van der Waals surface area contributed by atoms with Gasteiger partial charge in [-0.25, -0.2) is 4.98 Å². The van der Waals surface area contributed by atoms with Crippen LogP contribution in [0.5, 0.6) is 0 Å². The molecule has 0 spiro atoms. The maximum absolute atomic E-state index is 12.1. The molecule has 3 nitrogen and oxygen atoms in total. The summed E-state index contributed by atoms with van der Waals surface area (Å²) in [6.45, 7) is 4.28. The molecule has 98 valence electrons. The Hall–Kier alpha value is -1.61. The highest BCUT2D eigenvalue weighted by atomic mass is 35.5. The zero-order valence-electron chi connectivity index (χ0n) is 10.9. The van der Waals surface area contributed by atoms with Gasteiger partial charge in [-0.3, -0.25) is 4.79 Å². The van der Waals surface area contributed by atoms with Crippen molar-refractivity contribution < 1.29 is 4.79 Å². The summed E-state index contributed by atoms with van der Waals surface area (Å²) in [5.41, 5.74) is 1.33. The van der Waals surface area contributed by atoms with Gasteiger partial charge in [0.25, 0.3) is 5.91 Å². The molecule has 19 heavy (non-hydrogen) atoms. The topological polar surface area (TPSA) is 42.0 Å². The van der Waals surface area contributed by atoms with Gasteiger partial charge in [-0.15, -0.1) is 0 Å². The van der Waals surface area contributed by atoms with Gasteiger partial charge in [-0.05, 0) is 24.0 Å². The lowest BCUT2D eigenvalue weighted by molar-refractivity contribution is 0.0941. The average molecular weight is 275 g/mol. The standard InChI is InChI=1S/C15H15ClN2O/c1-15(2)8-13(15)18-14(19)12-7-10(16)9-5-3-4-6-11(9)17-12/h3-7,13H,8H2,1-2H3,(H,18,19). The van der Waals surface area contributed by atoms with Crippen LogP contribution < -0.4 is 5.32 Å². The van der Waals surface area contributed by atoms with Gasteiger partial charge in [0.05, 0.1) is 10.5 Å². The predicted octanol–water partition coefficient (Wildman–Crippen LogP) is 3.42. The quantitative estimate of drug-likeness (QED) is 0.912. The first-order chi connectivity index (χ1) is 8.97. The van der Waals surface area contributed by atoms with E-state index in [1.165, 1.54) is 0 Å². The Kier molecular flexibility index (Phi) is 2.75. The van der Waals surface area contributed by atoms with Crippen molar-refractivity contribution in [2.24, 2.45) is 5.41 Å². The fourth-order valence-electron chi connectivity index (χ4n) is 2.20. The molecule has 1 fully saturated rings. The monoisotopic (exact) mass is 274 g/mol. The Bertz CT molecular complexity index is 666. The summed E-state index contributed by atoms with van der Waals surface area (Å²) >= 11 is 6.19. The fourth-order valence-corrected chi connectivity index (χ4v) is 2.46. The van der Waals surface area contributed by atoms with E-state index in [1.807, 2.05) is 24.3 Å². The molecule has 1 atom stereocenters. The van der Waals surface area contributed by atoms with E-state index in [0.717, 1.165) is 17.3 Å². The largest absolute Gasteiger partial charge is 0.347 e. The van der Waals surface area contributed by atoms with Gasteiger partial charge in [0, 0.05) is 11.4 Å². The van der Waals surface area contributed by atoms with Crippen LogP contribution in [0.3, 0.4) is 0 Å². The minimum atomic E-state index is -0.150. The molecule has 1 aromatic heterocycles. The van der Waals surface area contributed by atoms with Gasteiger partial charge in [0.15, 0.2) is 0 Å². The number of hydrogen-bond acceptors (Lipinski definition) is 2. The number of rotatable bonds is 2. The molecule has 0 radical (unpaired) electrons. The third kappa shape index (κ3) is 2.30. The van der Waals surface area contributed by atoms with E-state index in [-0.39, 0.29) is 17.4 Å². The Morgan fingerprint density at radius 1 is 1.42 bits per heavy atom. The van der Waals surface area contributed by atoms with E-state index in [0.29, 0.717) is 10.7 Å². The first-order valence-electron chi connectivity index (χ1n) is 6.33. The minimum Gasteiger partial charge on any atom is -0.347 e. The van der Waals surface area contributed by atoms with Crippen molar-refractivity contribution in [3.8, 4) is 0 Å². The number of hydrogen-bond donors (Lipinski definition) is 1. The SMILES string of the molecule is CC1(C)CC1NC(=O)c1cc(Cl)c2ccccc2n1. The molecule has 0 bridgehead atoms. The first kappa shape index (κ1) is 12.4. The number of para-hydroxylation sites is 1. The highest BCUT2D eigenvalue weighted by molar-refractivity contribution is 6.35. The van der Waals surface area contributed by atoms with E-state index < -0.39 is 0 Å². The number of nitrogens with zero attached hydrogens (tertiary/aromatic N) is 1. The lowest BCUT2D eigenvalue weighted by atomic mass is 10.2. The lowest BCUT2D eigenvalue weighted by Gasteiger charge is -2.08. The molecule has 2 aromatic rings. The molecule has 1 N–H and O–H groups in total. The van der Waals surface area contributed by atoms with E-state index >= 15 is 0 Å². The van der Waals surface area contributed by atoms with Crippen LogP contribution in [0.25, 0.3) is 10.9 Å². The molecule has 1 heterocycles. The van der Waals surface area contributed by atoms with Gasteiger partial charge in [-0.2, -0.15) is 0 Å². The average Bonchev–Trinajstić information content (AvgIpc) is 2.96.